The molecule has 1 aromatic carbocycles. The van der Waals surface area contributed by atoms with Crippen LogP contribution in [0.5, 0.6) is 5.75 Å². The van der Waals surface area contributed by atoms with Crippen LogP contribution in [0.1, 0.15) is 26.3 Å². The molecule has 1 rings (SSSR count). The fourth-order valence-electron chi connectivity index (χ4n) is 1.41. The molecule has 0 aliphatic rings. The second-order valence-corrected chi connectivity index (χ2v) is 6.20. The van der Waals surface area contributed by atoms with E-state index in [1.807, 2.05) is 18.2 Å². The molecule has 4 nitrogen and oxygen atoms in total. The lowest BCUT2D eigenvalue weighted by Crippen LogP contribution is -2.92. The Balaban J connectivity index is 2.79. The monoisotopic (exact) mass is 315 g/mol. The van der Waals surface area contributed by atoms with Crippen molar-refractivity contribution in [3.05, 3.63) is 28.2 Å². The Hall–Kier alpha value is -1.07. The van der Waals surface area contributed by atoms with Crippen LogP contribution in [0, 0.1) is 0 Å². The van der Waals surface area contributed by atoms with Crippen LogP contribution in [0.15, 0.2) is 22.7 Å². The Morgan fingerprint density at radius 3 is 2.67 bits per heavy atom. The standard InChI is InChI=1S/C13H19BrN2O2/c1-13(2,3)16-7-9-6-10(14)4-5-11(9)18-8-12(15)17/h4-6,16H,7-8H2,1-3H3,(H2,15,17)/p+1. The van der Waals surface area contributed by atoms with Crippen LogP contribution in [0.3, 0.4) is 0 Å². The summed E-state index contributed by atoms with van der Waals surface area (Å²) in [6.07, 6.45) is 0. The van der Waals surface area contributed by atoms with Crippen molar-refractivity contribution in [2.75, 3.05) is 6.61 Å². The summed E-state index contributed by atoms with van der Waals surface area (Å²) < 4.78 is 6.40. The number of halogens is 1. The Kier molecular flexibility index (Phi) is 5.16. The second kappa shape index (κ2) is 6.20. The van der Waals surface area contributed by atoms with E-state index in [1.165, 1.54) is 0 Å². The predicted octanol–water partition coefficient (Wildman–Crippen LogP) is 1.18. The molecule has 18 heavy (non-hydrogen) atoms. The van der Waals surface area contributed by atoms with E-state index in [1.54, 1.807) is 0 Å². The highest BCUT2D eigenvalue weighted by molar-refractivity contribution is 9.10. The zero-order valence-corrected chi connectivity index (χ0v) is 12.6. The van der Waals surface area contributed by atoms with Gasteiger partial charge in [-0.1, -0.05) is 15.9 Å². The third kappa shape index (κ3) is 5.51. The summed E-state index contributed by atoms with van der Waals surface area (Å²) in [4.78, 5) is 10.7. The maximum Gasteiger partial charge on any atom is 0.255 e. The average Bonchev–Trinajstić information content (AvgIpc) is 2.23. The lowest BCUT2D eigenvalue weighted by atomic mass is 10.1. The third-order valence-corrected chi connectivity index (χ3v) is 2.82. The van der Waals surface area contributed by atoms with Gasteiger partial charge >= 0.3 is 0 Å². The van der Waals surface area contributed by atoms with Crippen molar-refractivity contribution in [1.29, 1.82) is 0 Å². The van der Waals surface area contributed by atoms with Crippen molar-refractivity contribution in [3.63, 3.8) is 0 Å². The maximum atomic E-state index is 10.7. The topological polar surface area (TPSA) is 68.9 Å². The number of amides is 1. The van der Waals surface area contributed by atoms with Crippen LogP contribution >= 0.6 is 15.9 Å². The number of hydrogen-bond donors (Lipinski definition) is 2. The maximum absolute atomic E-state index is 10.7. The van der Waals surface area contributed by atoms with Crippen LogP contribution in [0.2, 0.25) is 0 Å². The minimum absolute atomic E-state index is 0.0931. The summed E-state index contributed by atoms with van der Waals surface area (Å²) in [5.41, 5.74) is 6.27. The quantitative estimate of drug-likeness (QED) is 0.856. The van der Waals surface area contributed by atoms with Crippen molar-refractivity contribution in [3.8, 4) is 5.75 Å². The van der Waals surface area contributed by atoms with Gasteiger partial charge in [-0.3, -0.25) is 4.79 Å². The highest BCUT2D eigenvalue weighted by Gasteiger charge is 2.15. The smallest absolute Gasteiger partial charge is 0.255 e. The lowest BCUT2D eigenvalue weighted by molar-refractivity contribution is -0.731. The molecule has 5 heteroatoms. The predicted molar refractivity (Wildman–Crippen MR) is 74.2 cm³/mol. The van der Waals surface area contributed by atoms with Gasteiger partial charge in [0, 0.05) is 10.0 Å². The molecule has 0 heterocycles. The summed E-state index contributed by atoms with van der Waals surface area (Å²) in [6, 6.07) is 5.73. The SMILES string of the molecule is CC(C)(C)[NH2+]Cc1cc(Br)ccc1OCC(N)=O. The summed E-state index contributed by atoms with van der Waals surface area (Å²) >= 11 is 3.44. The van der Waals surface area contributed by atoms with Crippen molar-refractivity contribution in [2.45, 2.75) is 32.9 Å². The molecule has 100 valence electrons. The van der Waals surface area contributed by atoms with Gasteiger partial charge in [-0.15, -0.1) is 0 Å². The first kappa shape index (κ1) is 15.0. The van der Waals surface area contributed by atoms with Gasteiger partial charge in [-0.2, -0.15) is 0 Å². The van der Waals surface area contributed by atoms with Gasteiger partial charge in [0.15, 0.2) is 6.61 Å². The molecule has 4 N–H and O–H groups in total. The van der Waals surface area contributed by atoms with E-state index in [0.29, 0.717) is 5.75 Å². The molecule has 1 aromatic rings. The van der Waals surface area contributed by atoms with E-state index in [9.17, 15) is 4.79 Å². The second-order valence-electron chi connectivity index (χ2n) is 5.28. The van der Waals surface area contributed by atoms with Gasteiger partial charge in [0.05, 0.1) is 5.54 Å². The number of carbonyl (C=O) groups excluding carboxylic acids is 1. The van der Waals surface area contributed by atoms with E-state index >= 15 is 0 Å². The molecule has 1 amide bonds. The van der Waals surface area contributed by atoms with Crippen LogP contribution in [0.25, 0.3) is 0 Å². The molecule has 0 fully saturated rings. The Morgan fingerprint density at radius 1 is 1.44 bits per heavy atom. The first-order valence-electron chi connectivity index (χ1n) is 5.82. The Morgan fingerprint density at radius 2 is 2.11 bits per heavy atom. The fourth-order valence-corrected chi connectivity index (χ4v) is 1.82. The minimum Gasteiger partial charge on any atom is -0.483 e. The van der Waals surface area contributed by atoms with Gasteiger partial charge < -0.3 is 15.8 Å². The van der Waals surface area contributed by atoms with Crippen molar-refractivity contribution >= 4 is 21.8 Å². The summed E-state index contributed by atoms with van der Waals surface area (Å²) in [5, 5.41) is 2.21. The normalized spacial score (nSPS) is 11.3. The van der Waals surface area contributed by atoms with E-state index in [4.69, 9.17) is 10.5 Å². The number of carbonyl (C=O) groups is 1. The van der Waals surface area contributed by atoms with Crippen molar-refractivity contribution in [1.82, 2.24) is 0 Å². The summed E-state index contributed by atoms with van der Waals surface area (Å²) in [6.45, 7) is 7.14. The van der Waals surface area contributed by atoms with Crippen LogP contribution in [-0.2, 0) is 11.3 Å². The molecule has 0 saturated heterocycles. The Labute approximate surface area is 116 Å². The number of hydrogen-bond acceptors (Lipinski definition) is 2. The molecule has 0 aliphatic heterocycles. The number of rotatable bonds is 5. The molecule has 0 aliphatic carbocycles. The molecule has 0 bridgehead atoms. The van der Waals surface area contributed by atoms with E-state index in [-0.39, 0.29) is 12.1 Å². The van der Waals surface area contributed by atoms with Gasteiger partial charge in [0.1, 0.15) is 12.3 Å². The van der Waals surface area contributed by atoms with Crippen LogP contribution in [0.4, 0.5) is 0 Å². The van der Waals surface area contributed by atoms with E-state index in [2.05, 4.69) is 42.0 Å². The Bertz CT molecular complexity index is 427. The van der Waals surface area contributed by atoms with Crippen molar-refractivity contribution < 1.29 is 14.8 Å². The van der Waals surface area contributed by atoms with Crippen molar-refractivity contribution in [2.24, 2.45) is 5.73 Å². The average molecular weight is 316 g/mol. The van der Waals surface area contributed by atoms with Gasteiger partial charge in [-0.25, -0.2) is 0 Å². The third-order valence-electron chi connectivity index (χ3n) is 2.33. The largest absolute Gasteiger partial charge is 0.483 e. The number of benzene rings is 1. The number of primary amides is 1. The number of quaternary nitrogens is 1. The fraction of sp³-hybridized carbons (Fsp3) is 0.462. The molecule has 0 radical (unpaired) electrons. The molecule has 0 spiro atoms. The molecule has 0 atom stereocenters. The van der Waals surface area contributed by atoms with Gasteiger partial charge in [0.2, 0.25) is 0 Å². The van der Waals surface area contributed by atoms with Gasteiger partial charge in [0.25, 0.3) is 5.91 Å². The number of ether oxygens (including phenoxy) is 1. The van der Waals surface area contributed by atoms with Gasteiger partial charge in [-0.05, 0) is 39.0 Å². The highest BCUT2D eigenvalue weighted by atomic mass is 79.9. The molecule has 0 aromatic heterocycles. The van der Waals surface area contributed by atoms with Crippen LogP contribution < -0.4 is 15.8 Å². The lowest BCUT2D eigenvalue weighted by Gasteiger charge is -2.18. The highest BCUT2D eigenvalue weighted by Crippen LogP contribution is 2.22. The van der Waals surface area contributed by atoms with Crippen LogP contribution in [-0.4, -0.2) is 18.1 Å². The molecular formula is C13H20BrN2O2+. The molecule has 0 unspecified atom stereocenters. The molecule has 0 saturated carbocycles. The van der Waals surface area contributed by atoms with E-state index < -0.39 is 5.91 Å². The summed E-state index contributed by atoms with van der Waals surface area (Å²) in [5.74, 6) is 0.237. The number of nitrogens with two attached hydrogens (primary N) is 2. The zero-order chi connectivity index (χ0) is 13.8. The minimum atomic E-state index is -0.469. The van der Waals surface area contributed by atoms with E-state index in [0.717, 1.165) is 16.6 Å². The first-order chi connectivity index (χ1) is 8.28. The first-order valence-corrected chi connectivity index (χ1v) is 6.61. The molecular weight excluding hydrogens is 296 g/mol. The zero-order valence-electron chi connectivity index (χ0n) is 11.0. The summed E-state index contributed by atoms with van der Waals surface area (Å²) in [7, 11) is 0.